The van der Waals surface area contributed by atoms with E-state index in [0.717, 1.165) is 33.8 Å². The number of amides is 1. The zero-order chi connectivity index (χ0) is 11.8. The number of aromatic nitrogens is 1. The minimum atomic E-state index is 0.0308. The van der Waals surface area contributed by atoms with Crippen LogP contribution in [0, 0.1) is 0 Å². The van der Waals surface area contributed by atoms with Gasteiger partial charge in [0, 0.05) is 27.6 Å². The van der Waals surface area contributed by atoms with Crippen molar-refractivity contribution in [1.82, 2.24) is 10.3 Å². The van der Waals surface area contributed by atoms with E-state index in [2.05, 4.69) is 26.2 Å². The molecule has 0 radical (unpaired) electrons. The lowest BCUT2D eigenvalue weighted by Gasteiger charge is -2.26. The minimum Gasteiger partial charge on any atom is -0.360 e. The number of carbonyl (C=O) groups is 1. The van der Waals surface area contributed by atoms with Gasteiger partial charge in [-0.3, -0.25) is 4.79 Å². The Bertz CT molecular complexity index is 572. The van der Waals surface area contributed by atoms with Crippen molar-refractivity contribution in [1.29, 1.82) is 0 Å². The Morgan fingerprint density at radius 1 is 1.41 bits per heavy atom. The second kappa shape index (κ2) is 4.18. The van der Waals surface area contributed by atoms with Crippen molar-refractivity contribution in [2.24, 2.45) is 0 Å². The molecule has 1 aliphatic rings. The molecule has 0 saturated heterocycles. The molecule has 1 saturated carbocycles. The summed E-state index contributed by atoms with van der Waals surface area (Å²) in [5.74, 6) is 0.0308. The van der Waals surface area contributed by atoms with E-state index in [1.165, 1.54) is 6.42 Å². The number of H-pyrrole nitrogens is 1. The SMILES string of the molecule is O=C(NC1CCC1)c1c[nH]c2cc(Br)ccc12. The summed E-state index contributed by atoms with van der Waals surface area (Å²) in [6, 6.07) is 6.28. The van der Waals surface area contributed by atoms with Crippen LogP contribution in [0.5, 0.6) is 0 Å². The Morgan fingerprint density at radius 2 is 2.24 bits per heavy atom. The van der Waals surface area contributed by atoms with Gasteiger partial charge in [-0.05, 0) is 31.4 Å². The fourth-order valence-electron chi connectivity index (χ4n) is 2.10. The molecule has 0 spiro atoms. The predicted octanol–water partition coefficient (Wildman–Crippen LogP) is 3.21. The molecule has 0 atom stereocenters. The maximum atomic E-state index is 12.1. The first kappa shape index (κ1) is 10.8. The molecular weight excluding hydrogens is 280 g/mol. The zero-order valence-corrected chi connectivity index (χ0v) is 10.9. The molecule has 0 aliphatic heterocycles. The second-order valence-corrected chi connectivity index (χ2v) is 5.41. The molecule has 2 N–H and O–H groups in total. The summed E-state index contributed by atoms with van der Waals surface area (Å²) in [6.45, 7) is 0. The highest BCUT2D eigenvalue weighted by Crippen LogP contribution is 2.23. The molecule has 0 unspecified atom stereocenters. The van der Waals surface area contributed by atoms with Gasteiger partial charge in [-0.15, -0.1) is 0 Å². The molecule has 0 bridgehead atoms. The van der Waals surface area contributed by atoms with Crippen molar-refractivity contribution in [3.63, 3.8) is 0 Å². The molecule has 1 fully saturated rings. The molecule has 2 aromatic rings. The Morgan fingerprint density at radius 3 is 2.94 bits per heavy atom. The van der Waals surface area contributed by atoms with Crippen molar-refractivity contribution in [3.8, 4) is 0 Å². The molecule has 1 aliphatic carbocycles. The summed E-state index contributed by atoms with van der Waals surface area (Å²) in [5.41, 5.74) is 1.72. The van der Waals surface area contributed by atoms with Gasteiger partial charge in [0.05, 0.1) is 5.56 Å². The van der Waals surface area contributed by atoms with Crippen molar-refractivity contribution >= 4 is 32.7 Å². The average Bonchev–Trinajstić information content (AvgIpc) is 2.66. The number of halogens is 1. The highest BCUT2D eigenvalue weighted by Gasteiger charge is 2.21. The first-order valence-electron chi connectivity index (χ1n) is 5.81. The number of carbonyl (C=O) groups excluding carboxylic acids is 1. The van der Waals surface area contributed by atoms with Crippen molar-refractivity contribution in [2.75, 3.05) is 0 Å². The maximum absolute atomic E-state index is 12.1. The van der Waals surface area contributed by atoms with Crippen LogP contribution in [-0.2, 0) is 0 Å². The number of hydrogen-bond donors (Lipinski definition) is 2. The van der Waals surface area contributed by atoms with Crippen LogP contribution in [0.4, 0.5) is 0 Å². The van der Waals surface area contributed by atoms with Crippen LogP contribution in [-0.4, -0.2) is 16.9 Å². The van der Waals surface area contributed by atoms with Crippen molar-refractivity contribution in [2.45, 2.75) is 25.3 Å². The van der Waals surface area contributed by atoms with Gasteiger partial charge in [-0.1, -0.05) is 22.0 Å². The number of fused-ring (bicyclic) bond motifs is 1. The third kappa shape index (κ3) is 1.97. The van der Waals surface area contributed by atoms with E-state index < -0.39 is 0 Å². The number of benzene rings is 1. The monoisotopic (exact) mass is 292 g/mol. The van der Waals surface area contributed by atoms with E-state index in [0.29, 0.717) is 6.04 Å². The highest BCUT2D eigenvalue weighted by molar-refractivity contribution is 9.10. The number of nitrogens with one attached hydrogen (secondary N) is 2. The number of hydrogen-bond acceptors (Lipinski definition) is 1. The van der Waals surface area contributed by atoms with E-state index in [1.807, 2.05) is 18.2 Å². The molecule has 1 amide bonds. The molecule has 17 heavy (non-hydrogen) atoms. The lowest BCUT2D eigenvalue weighted by atomic mass is 9.93. The van der Waals surface area contributed by atoms with E-state index in [9.17, 15) is 4.79 Å². The van der Waals surface area contributed by atoms with Gasteiger partial charge in [0.15, 0.2) is 0 Å². The predicted molar refractivity (Wildman–Crippen MR) is 71.1 cm³/mol. The number of rotatable bonds is 2. The quantitative estimate of drug-likeness (QED) is 0.877. The summed E-state index contributed by atoms with van der Waals surface area (Å²) in [7, 11) is 0. The molecule has 1 aromatic carbocycles. The van der Waals surface area contributed by atoms with Crippen LogP contribution in [0.1, 0.15) is 29.6 Å². The van der Waals surface area contributed by atoms with Gasteiger partial charge in [0.25, 0.3) is 5.91 Å². The minimum absolute atomic E-state index is 0.0308. The summed E-state index contributed by atoms with van der Waals surface area (Å²) in [6.07, 6.45) is 5.23. The molecule has 4 heteroatoms. The van der Waals surface area contributed by atoms with Crippen LogP contribution < -0.4 is 5.32 Å². The summed E-state index contributed by atoms with van der Waals surface area (Å²) in [5, 5.41) is 4.03. The Labute approximate surface area is 108 Å². The lowest BCUT2D eigenvalue weighted by Crippen LogP contribution is -2.39. The van der Waals surface area contributed by atoms with Gasteiger partial charge in [0.2, 0.25) is 0 Å². The smallest absolute Gasteiger partial charge is 0.253 e. The van der Waals surface area contributed by atoms with Crippen LogP contribution in [0.2, 0.25) is 0 Å². The standard InChI is InChI=1S/C13H13BrN2O/c14-8-4-5-10-11(7-15-12(10)6-8)13(17)16-9-2-1-3-9/h4-7,9,15H,1-3H2,(H,16,17). The van der Waals surface area contributed by atoms with E-state index in [-0.39, 0.29) is 5.91 Å². The lowest BCUT2D eigenvalue weighted by molar-refractivity contribution is 0.0918. The third-order valence-electron chi connectivity index (χ3n) is 3.33. The Kier molecular flexibility index (Phi) is 2.67. The number of aromatic amines is 1. The normalized spacial score (nSPS) is 15.8. The summed E-state index contributed by atoms with van der Waals surface area (Å²) < 4.78 is 1.01. The summed E-state index contributed by atoms with van der Waals surface area (Å²) in [4.78, 5) is 15.2. The first-order chi connectivity index (χ1) is 8.24. The maximum Gasteiger partial charge on any atom is 0.253 e. The third-order valence-corrected chi connectivity index (χ3v) is 3.82. The molecule has 3 nitrogen and oxygen atoms in total. The molecule has 1 heterocycles. The molecular formula is C13H13BrN2O. The van der Waals surface area contributed by atoms with Crippen LogP contribution in [0.3, 0.4) is 0 Å². The fourth-order valence-corrected chi connectivity index (χ4v) is 2.46. The largest absolute Gasteiger partial charge is 0.360 e. The van der Waals surface area contributed by atoms with Gasteiger partial charge in [0.1, 0.15) is 0 Å². The summed E-state index contributed by atoms with van der Waals surface area (Å²) >= 11 is 3.42. The fraction of sp³-hybridized carbons (Fsp3) is 0.308. The molecule has 1 aromatic heterocycles. The Balaban J connectivity index is 1.91. The van der Waals surface area contributed by atoms with Crippen LogP contribution >= 0.6 is 15.9 Å². The van der Waals surface area contributed by atoms with Gasteiger partial charge >= 0.3 is 0 Å². The van der Waals surface area contributed by atoms with Crippen molar-refractivity contribution < 1.29 is 4.79 Å². The first-order valence-corrected chi connectivity index (χ1v) is 6.61. The average molecular weight is 293 g/mol. The van der Waals surface area contributed by atoms with E-state index >= 15 is 0 Å². The topological polar surface area (TPSA) is 44.9 Å². The van der Waals surface area contributed by atoms with Crippen molar-refractivity contribution in [3.05, 3.63) is 34.4 Å². The molecule has 88 valence electrons. The van der Waals surface area contributed by atoms with Crippen LogP contribution in [0.25, 0.3) is 10.9 Å². The Hall–Kier alpha value is -1.29. The molecule has 3 rings (SSSR count). The van der Waals surface area contributed by atoms with Gasteiger partial charge < -0.3 is 10.3 Å². The van der Waals surface area contributed by atoms with Gasteiger partial charge in [-0.2, -0.15) is 0 Å². The van der Waals surface area contributed by atoms with Crippen LogP contribution in [0.15, 0.2) is 28.9 Å². The van der Waals surface area contributed by atoms with Gasteiger partial charge in [-0.25, -0.2) is 0 Å². The second-order valence-electron chi connectivity index (χ2n) is 4.49. The highest BCUT2D eigenvalue weighted by atomic mass is 79.9. The van der Waals surface area contributed by atoms with E-state index in [1.54, 1.807) is 6.20 Å². The zero-order valence-electron chi connectivity index (χ0n) is 9.29. The van der Waals surface area contributed by atoms with E-state index in [4.69, 9.17) is 0 Å².